The average Bonchev–Trinajstić information content (AvgIpc) is 3.76. The van der Waals surface area contributed by atoms with Crippen LogP contribution in [0.1, 0.15) is 44.9 Å². The molecule has 4 bridgehead atoms. The number of hydrogen-bond donors (Lipinski definition) is 1. The summed E-state index contributed by atoms with van der Waals surface area (Å²) in [6, 6.07) is -0.884. The molecule has 3 saturated heterocycles. The number of carbonyl (C=O) groups is 5. The third-order valence-corrected chi connectivity index (χ3v) is 10.3. The molecule has 38 heavy (non-hydrogen) atoms. The van der Waals surface area contributed by atoms with Crippen molar-refractivity contribution in [3.63, 3.8) is 0 Å². The molecule has 4 aliphatic carbocycles. The van der Waals surface area contributed by atoms with Crippen LogP contribution in [0.2, 0.25) is 0 Å². The fourth-order valence-corrected chi connectivity index (χ4v) is 8.54. The maximum absolute atomic E-state index is 13.5. The number of fused-ring (bicyclic) bond motifs is 10. The van der Waals surface area contributed by atoms with Crippen LogP contribution >= 0.6 is 0 Å². The van der Waals surface area contributed by atoms with Gasteiger partial charge in [0.25, 0.3) is 0 Å². The Bertz CT molecular complexity index is 1080. The average molecular weight is 522 g/mol. The third kappa shape index (κ3) is 3.57. The number of likely N-dealkylation sites (tertiary alicyclic amines) is 2. The van der Waals surface area contributed by atoms with E-state index < -0.39 is 6.04 Å². The summed E-state index contributed by atoms with van der Waals surface area (Å²) in [6.07, 6.45) is 13.2. The Morgan fingerprint density at radius 3 is 1.92 bits per heavy atom. The predicted octanol–water partition coefficient (Wildman–Crippen LogP) is 1.43. The number of nitrogens with one attached hydrogen (secondary N) is 1. The summed E-state index contributed by atoms with van der Waals surface area (Å²) in [6.45, 7) is 1.36. The molecule has 9 nitrogen and oxygen atoms in total. The van der Waals surface area contributed by atoms with Crippen LogP contribution in [0.3, 0.4) is 0 Å². The summed E-state index contributed by atoms with van der Waals surface area (Å²) < 4.78 is 5.63. The Kier molecular flexibility index (Phi) is 5.83. The van der Waals surface area contributed by atoms with Crippen LogP contribution in [0, 0.1) is 47.3 Å². The number of amides is 5. The summed E-state index contributed by atoms with van der Waals surface area (Å²) in [7, 11) is 0. The second-order valence-corrected chi connectivity index (χ2v) is 12.3. The van der Waals surface area contributed by atoms with Gasteiger partial charge in [-0.05, 0) is 68.6 Å². The van der Waals surface area contributed by atoms with E-state index in [4.69, 9.17) is 4.74 Å². The van der Waals surface area contributed by atoms with Gasteiger partial charge >= 0.3 is 0 Å². The van der Waals surface area contributed by atoms with Gasteiger partial charge in [-0.15, -0.1) is 0 Å². The highest BCUT2D eigenvalue weighted by atomic mass is 16.5. The van der Waals surface area contributed by atoms with Crippen LogP contribution < -0.4 is 5.32 Å². The Labute approximate surface area is 222 Å². The van der Waals surface area contributed by atoms with Crippen molar-refractivity contribution < 1.29 is 28.7 Å². The van der Waals surface area contributed by atoms with Crippen molar-refractivity contribution in [3.05, 3.63) is 24.3 Å². The van der Waals surface area contributed by atoms with Gasteiger partial charge in [-0.25, -0.2) is 0 Å². The van der Waals surface area contributed by atoms with Crippen LogP contribution in [-0.4, -0.2) is 71.2 Å². The zero-order chi connectivity index (χ0) is 26.1. The summed E-state index contributed by atoms with van der Waals surface area (Å²) in [4.78, 5) is 69.0. The topological polar surface area (TPSA) is 113 Å². The van der Waals surface area contributed by atoms with E-state index in [0.717, 1.165) is 25.7 Å². The first kappa shape index (κ1) is 24.2. The lowest BCUT2D eigenvalue weighted by molar-refractivity contribution is -0.149. The van der Waals surface area contributed by atoms with Gasteiger partial charge in [0.15, 0.2) is 0 Å². The van der Waals surface area contributed by atoms with E-state index in [0.29, 0.717) is 39.0 Å². The zero-order valence-corrected chi connectivity index (χ0v) is 21.5. The molecule has 3 aliphatic heterocycles. The van der Waals surface area contributed by atoms with Crippen molar-refractivity contribution in [1.29, 1.82) is 0 Å². The van der Waals surface area contributed by atoms with Crippen molar-refractivity contribution in [2.24, 2.45) is 47.3 Å². The van der Waals surface area contributed by atoms with E-state index in [1.807, 2.05) is 12.2 Å². The zero-order valence-electron chi connectivity index (χ0n) is 21.5. The molecular weight excluding hydrogens is 486 g/mol. The number of allylic oxidation sites excluding steroid dienone is 4. The summed E-state index contributed by atoms with van der Waals surface area (Å²) in [5.41, 5.74) is 0. The minimum absolute atomic E-state index is 0.0413. The molecule has 5 fully saturated rings. The largest absolute Gasteiger partial charge is 0.376 e. The van der Waals surface area contributed by atoms with E-state index in [2.05, 4.69) is 17.5 Å². The first-order valence-corrected chi connectivity index (χ1v) is 14.4. The second kappa shape index (κ2) is 9.14. The Morgan fingerprint density at radius 1 is 0.842 bits per heavy atom. The van der Waals surface area contributed by atoms with E-state index in [-0.39, 0.29) is 83.0 Å². The predicted molar refractivity (Wildman–Crippen MR) is 134 cm³/mol. The fraction of sp³-hybridized carbons (Fsp3) is 0.690. The maximum atomic E-state index is 13.5. The highest BCUT2D eigenvalue weighted by molar-refractivity contribution is 6.09. The Morgan fingerprint density at radius 2 is 1.39 bits per heavy atom. The number of hydrogen-bond acceptors (Lipinski definition) is 6. The lowest BCUT2D eigenvalue weighted by Crippen LogP contribution is -2.51. The Balaban J connectivity index is 1.01. The molecule has 0 radical (unpaired) electrons. The highest BCUT2D eigenvalue weighted by Gasteiger charge is 2.61. The van der Waals surface area contributed by atoms with Crippen LogP contribution in [0.15, 0.2) is 24.3 Å². The van der Waals surface area contributed by atoms with E-state index in [1.54, 1.807) is 0 Å². The first-order valence-electron chi connectivity index (χ1n) is 14.4. The SMILES string of the molecule is O=C(NC[C@@H]1CCCO1)[C@H](CCCCN1C(=O)[C@@H]2[C@H](C1=O)[C@H]1C=C[C@H]2C1)N1C(=O)[C@@H]2[C@H](C1=O)[C@H]1C=C[C@H]2C1. The quantitative estimate of drug-likeness (QED) is 0.279. The third-order valence-electron chi connectivity index (χ3n) is 10.3. The van der Waals surface area contributed by atoms with Crippen molar-refractivity contribution in [1.82, 2.24) is 15.1 Å². The molecule has 202 valence electrons. The smallest absolute Gasteiger partial charge is 0.243 e. The molecule has 10 atom stereocenters. The molecule has 9 heteroatoms. The lowest BCUT2D eigenvalue weighted by atomic mass is 9.85. The number of unbranched alkanes of at least 4 members (excludes halogenated alkanes) is 1. The molecule has 1 N–H and O–H groups in total. The lowest BCUT2D eigenvalue weighted by Gasteiger charge is -2.28. The standard InChI is InChI=1S/C29H35N3O6/c33-25(30-14-19-4-3-11-38-19)20(32-28(36)23-17-8-9-18(13-17)24(23)29(32)37)5-1-2-10-31-26(34)21-15-6-7-16(12-15)22(21)27(31)35/h6-9,15-24H,1-5,10-14H2,(H,30,33)/t15-,16-,17-,18-,19-,20-,21-,22+,23-,24+/m0/s1. The number of rotatable bonds is 9. The fourth-order valence-electron chi connectivity index (χ4n) is 8.54. The van der Waals surface area contributed by atoms with Crippen molar-refractivity contribution in [3.8, 4) is 0 Å². The van der Waals surface area contributed by atoms with Crippen LogP contribution in [0.4, 0.5) is 0 Å². The van der Waals surface area contributed by atoms with Gasteiger partial charge in [0.05, 0.1) is 29.8 Å². The van der Waals surface area contributed by atoms with Crippen molar-refractivity contribution >= 4 is 29.5 Å². The minimum atomic E-state index is -0.884. The molecule has 2 saturated carbocycles. The van der Waals surface area contributed by atoms with Gasteiger partial charge in [0.2, 0.25) is 29.5 Å². The molecule has 0 aromatic carbocycles. The van der Waals surface area contributed by atoms with Gasteiger partial charge in [-0.1, -0.05) is 24.3 Å². The van der Waals surface area contributed by atoms with Crippen LogP contribution in [0.5, 0.6) is 0 Å². The Hall–Kier alpha value is -2.81. The number of imide groups is 2. The van der Waals surface area contributed by atoms with E-state index in [1.165, 1.54) is 9.80 Å². The minimum Gasteiger partial charge on any atom is -0.376 e. The molecule has 0 aromatic heterocycles. The summed E-state index contributed by atoms with van der Waals surface area (Å²) in [5, 5.41) is 2.93. The number of carbonyl (C=O) groups excluding carboxylic acids is 5. The van der Waals surface area contributed by atoms with E-state index >= 15 is 0 Å². The van der Waals surface area contributed by atoms with Gasteiger partial charge in [0, 0.05) is 19.7 Å². The van der Waals surface area contributed by atoms with Crippen molar-refractivity contribution in [2.75, 3.05) is 19.7 Å². The van der Waals surface area contributed by atoms with Gasteiger partial charge < -0.3 is 10.1 Å². The number of nitrogens with zero attached hydrogens (tertiary/aromatic N) is 2. The highest BCUT2D eigenvalue weighted by Crippen LogP contribution is 2.54. The first-order chi connectivity index (χ1) is 18.4. The van der Waals surface area contributed by atoms with Crippen LogP contribution in [0.25, 0.3) is 0 Å². The summed E-state index contributed by atoms with van der Waals surface area (Å²) in [5.74, 6) is -1.52. The van der Waals surface area contributed by atoms with Crippen LogP contribution in [-0.2, 0) is 28.7 Å². The van der Waals surface area contributed by atoms with Gasteiger partial charge in [-0.2, -0.15) is 0 Å². The second-order valence-electron chi connectivity index (χ2n) is 12.3. The van der Waals surface area contributed by atoms with Gasteiger partial charge in [0.1, 0.15) is 6.04 Å². The number of ether oxygens (including phenoxy) is 1. The molecule has 7 rings (SSSR count). The molecular formula is C29H35N3O6. The normalized spacial score (nSPS) is 40.7. The van der Waals surface area contributed by atoms with E-state index in [9.17, 15) is 24.0 Å². The maximum Gasteiger partial charge on any atom is 0.243 e. The molecule has 5 amide bonds. The molecule has 0 unspecified atom stereocenters. The molecule has 3 heterocycles. The molecule has 0 aromatic rings. The van der Waals surface area contributed by atoms with Crippen molar-refractivity contribution in [2.45, 2.75) is 57.1 Å². The summed E-state index contributed by atoms with van der Waals surface area (Å²) >= 11 is 0. The monoisotopic (exact) mass is 521 g/mol. The molecule has 0 spiro atoms. The van der Waals surface area contributed by atoms with Gasteiger partial charge in [-0.3, -0.25) is 33.8 Å². The molecule has 7 aliphatic rings.